The van der Waals surface area contributed by atoms with Gasteiger partial charge in [0.1, 0.15) is 6.07 Å². The average molecular weight is 627 g/mol. The van der Waals surface area contributed by atoms with Crippen LogP contribution in [0.5, 0.6) is 0 Å². The highest BCUT2D eigenvalue weighted by atomic mass is 19.4. The second kappa shape index (κ2) is 11.7. The fraction of sp³-hybridized carbons (Fsp3) is 0.0811. The summed E-state index contributed by atoms with van der Waals surface area (Å²) < 4.78 is 41.0. The number of hydrogen-bond acceptors (Lipinski definition) is 5. The Labute approximate surface area is 272 Å². The maximum atomic E-state index is 13.7. The monoisotopic (exact) mass is 626 g/mol. The van der Waals surface area contributed by atoms with Gasteiger partial charge in [0, 0.05) is 16.7 Å². The van der Waals surface area contributed by atoms with Gasteiger partial charge in [-0.1, -0.05) is 35.4 Å². The van der Waals surface area contributed by atoms with E-state index in [1.807, 2.05) is 38.1 Å². The first-order valence-corrected chi connectivity index (χ1v) is 13.6. The van der Waals surface area contributed by atoms with Crippen molar-refractivity contribution in [2.24, 2.45) is 0 Å². The molecule has 0 fully saturated rings. The Hall–Kier alpha value is -7.67. The van der Waals surface area contributed by atoms with E-state index in [4.69, 9.17) is 19.7 Å². The second-order valence-electron chi connectivity index (χ2n) is 10.5. The molecule has 11 heteroatoms. The molecule has 0 atom stereocenters. The van der Waals surface area contributed by atoms with Crippen molar-refractivity contribution < 1.29 is 13.2 Å². The minimum absolute atomic E-state index is 0.00595. The van der Waals surface area contributed by atoms with Gasteiger partial charge in [-0.05, 0) is 71.0 Å². The van der Waals surface area contributed by atoms with Gasteiger partial charge in [-0.15, -0.1) is 0 Å². The standard InChI is InChI=1S/C37H13F3N8/c1-18-8-19(2)10-21(9-18)31-35(29(17-45)47-4)24-12-23-32(26(15-43)33(24)36(31)48-5)25(14-42)30(34(23)28(16-44)46-3)20-6-7-27(37(38,39)40)22(11-20)13-41/h6-12H,1-2H3/b34-28+,35-29-. The first-order chi connectivity index (χ1) is 22.9. The van der Waals surface area contributed by atoms with Crippen molar-refractivity contribution in [2.75, 3.05) is 0 Å². The molecule has 0 unspecified atom stereocenters. The van der Waals surface area contributed by atoms with Crippen LogP contribution in [0.4, 0.5) is 13.2 Å². The van der Waals surface area contributed by atoms with Gasteiger partial charge < -0.3 is 0 Å². The fourth-order valence-corrected chi connectivity index (χ4v) is 6.17. The zero-order valence-electron chi connectivity index (χ0n) is 24.8. The minimum Gasteiger partial charge on any atom is -0.237 e. The van der Waals surface area contributed by atoms with Crippen molar-refractivity contribution in [2.45, 2.75) is 20.0 Å². The predicted octanol–water partition coefficient (Wildman–Crippen LogP) is 8.62. The number of nitriles is 5. The molecular formula is C37H13F3N8. The Balaban J connectivity index is 2.02. The third kappa shape index (κ3) is 4.64. The van der Waals surface area contributed by atoms with Crippen molar-refractivity contribution in [3.05, 3.63) is 149 Å². The molecule has 2 aliphatic rings. The molecule has 0 spiro atoms. The van der Waals surface area contributed by atoms with E-state index in [1.54, 1.807) is 18.2 Å². The lowest BCUT2D eigenvalue weighted by Gasteiger charge is -2.15. The first kappa shape index (κ1) is 31.7. The zero-order valence-corrected chi connectivity index (χ0v) is 24.8. The third-order valence-corrected chi connectivity index (χ3v) is 7.83. The van der Waals surface area contributed by atoms with Crippen LogP contribution in [0.15, 0.2) is 53.9 Å². The molecule has 0 aromatic heterocycles. The van der Waals surface area contributed by atoms with E-state index in [2.05, 4.69) is 14.5 Å². The molecule has 0 amide bonds. The van der Waals surface area contributed by atoms with Crippen LogP contribution < -0.4 is 0 Å². The number of hydrogen-bond donors (Lipinski definition) is 0. The van der Waals surface area contributed by atoms with Gasteiger partial charge in [0.2, 0.25) is 5.70 Å². The Kier molecular flexibility index (Phi) is 7.73. The number of benzene rings is 3. The van der Waals surface area contributed by atoms with E-state index in [0.717, 1.165) is 23.3 Å². The number of halogens is 3. The highest BCUT2D eigenvalue weighted by molar-refractivity contribution is 6.30. The van der Waals surface area contributed by atoms with E-state index in [-0.39, 0.29) is 66.9 Å². The fourth-order valence-electron chi connectivity index (χ4n) is 6.17. The lowest BCUT2D eigenvalue weighted by atomic mass is 9.88. The van der Waals surface area contributed by atoms with Gasteiger partial charge in [0.05, 0.1) is 66.3 Å². The number of nitrogens with zero attached hydrogens (tertiary/aromatic N) is 8. The highest BCUT2D eigenvalue weighted by Crippen LogP contribution is 2.57. The predicted molar refractivity (Wildman–Crippen MR) is 167 cm³/mol. The van der Waals surface area contributed by atoms with E-state index >= 15 is 0 Å². The number of aryl methyl sites for hydroxylation is 2. The molecule has 2 aliphatic carbocycles. The van der Waals surface area contributed by atoms with Gasteiger partial charge in [-0.3, -0.25) is 0 Å². The molecule has 222 valence electrons. The summed E-state index contributed by atoms with van der Waals surface area (Å²) >= 11 is 0. The molecule has 0 saturated heterocycles. The van der Waals surface area contributed by atoms with Gasteiger partial charge in [-0.2, -0.15) is 29.0 Å². The van der Waals surface area contributed by atoms with Crippen molar-refractivity contribution in [3.8, 4) is 30.3 Å². The zero-order chi connectivity index (χ0) is 35.1. The van der Waals surface area contributed by atoms with Crippen LogP contribution in [0.1, 0.15) is 61.2 Å². The van der Waals surface area contributed by atoms with Crippen LogP contribution in [0.25, 0.3) is 48.1 Å². The summed E-state index contributed by atoms with van der Waals surface area (Å²) in [6.07, 6.45) is -4.88. The largest absolute Gasteiger partial charge is 0.417 e. The quantitative estimate of drug-likeness (QED) is 0.207. The maximum Gasteiger partial charge on any atom is 0.417 e. The number of rotatable bonds is 2. The molecule has 0 heterocycles. The van der Waals surface area contributed by atoms with E-state index < -0.39 is 28.7 Å². The van der Waals surface area contributed by atoms with Crippen LogP contribution in [-0.4, -0.2) is 0 Å². The molecule has 8 nitrogen and oxygen atoms in total. The molecule has 0 radical (unpaired) electrons. The summed E-state index contributed by atoms with van der Waals surface area (Å²) in [6, 6.07) is 18.5. The van der Waals surface area contributed by atoms with Crippen LogP contribution in [0.2, 0.25) is 0 Å². The Bertz CT molecular complexity index is 2490. The van der Waals surface area contributed by atoms with E-state index in [1.165, 1.54) is 12.1 Å². The van der Waals surface area contributed by atoms with E-state index in [0.29, 0.717) is 11.6 Å². The van der Waals surface area contributed by atoms with Crippen LogP contribution in [0.3, 0.4) is 0 Å². The van der Waals surface area contributed by atoms with Crippen LogP contribution in [0, 0.1) is 90.2 Å². The van der Waals surface area contributed by atoms with Gasteiger partial charge in [0.25, 0.3) is 11.4 Å². The van der Waals surface area contributed by atoms with Gasteiger partial charge >= 0.3 is 6.18 Å². The Morgan fingerprint density at radius 1 is 0.688 bits per heavy atom. The molecular weight excluding hydrogens is 613 g/mol. The summed E-state index contributed by atoms with van der Waals surface area (Å²) in [5.41, 5.74) is -1.63. The summed E-state index contributed by atoms with van der Waals surface area (Å²) in [6.45, 7) is 27.3. The number of alkyl halides is 3. The number of fused-ring (bicyclic) bond motifs is 2. The minimum atomic E-state index is -4.88. The molecule has 48 heavy (non-hydrogen) atoms. The average Bonchev–Trinajstić information content (AvgIpc) is 3.56. The second-order valence-corrected chi connectivity index (χ2v) is 10.5. The molecule has 5 rings (SSSR count). The lowest BCUT2D eigenvalue weighted by Crippen LogP contribution is -2.08. The van der Waals surface area contributed by atoms with Crippen molar-refractivity contribution in [3.63, 3.8) is 0 Å². The molecule has 0 aliphatic heterocycles. The summed E-state index contributed by atoms with van der Waals surface area (Å²) in [5, 5.41) is 50.7. The maximum absolute atomic E-state index is 13.7. The van der Waals surface area contributed by atoms with Crippen molar-refractivity contribution >= 4 is 33.6 Å². The van der Waals surface area contributed by atoms with Crippen molar-refractivity contribution in [1.82, 2.24) is 0 Å². The normalized spacial score (nSPS) is 14.9. The van der Waals surface area contributed by atoms with Gasteiger partial charge in [-0.25, -0.2) is 25.1 Å². The topological polar surface area (TPSA) is 132 Å². The summed E-state index contributed by atoms with van der Waals surface area (Å²) in [4.78, 5) is 10.4. The highest BCUT2D eigenvalue weighted by Gasteiger charge is 2.41. The van der Waals surface area contributed by atoms with Gasteiger partial charge in [0.15, 0.2) is 0 Å². The Morgan fingerprint density at radius 3 is 1.75 bits per heavy atom. The molecule has 3 aromatic carbocycles. The molecule has 0 N–H and O–H groups in total. The number of allylic oxidation sites excluding steroid dienone is 7. The summed E-state index contributed by atoms with van der Waals surface area (Å²) in [5.74, 6) is 0. The SMILES string of the molecule is [C-]#[N+]C1=C(c2cc(C)cc(C)c2)/C(=C(/C#N)[N+]#[C-])c2cc3c(c(C#N)c21)C(C#N)=C(c1ccc(C(F)(F)F)c(C#N)c1)/C3=C(\C#N)[N+]#[C-]. The van der Waals surface area contributed by atoms with E-state index in [9.17, 15) is 39.5 Å². The van der Waals surface area contributed by atoms with Crippen LogP contribution in [-0.2, 0) is 6.18 Å². The summed E-state index contributed by atoms with van der Waals surface area (Å²) in [7, 11) is 0. The molecule has 3 aromatic rings. The lowest BCUT2D eigenvalue weighted by molar-refractivity contribution is -0.137. The smallest absolute Gasteiger partial charge is 0.237 e. The van der Waals surface area contributed by atoms with Crippen molar-refractivity contribution in [1.29, 1.82) is 26.3 Å². The Morgan fingerprint density at radius 2 is 1.27 bits per heavy atom. The molecule has 0 bridgehead atoms. The first-order valence-electron chi connectivity index (χ1n) is 13.6. The van der Waals surface area contributed by atoms with Crippen LogP contribution >= 0.6 is 0 Å². The third-order valence-electron chi connectivity index (χ3n) is 7.83. The molecule has 0 saturated carbocycles.